The molecule has 0 bridgehead atoms. The van der Waals surface area contributed by atoms with E-state index in [0.29, 0.717) is 32.9 Å². The zero-order chi connectivity index (χ0) is 22.0. The number of aromatic nitrogens is 2. The zero-order valence-electron chi connectivity index (χ0n) is 16.6. The van der Waals surface area contributed by atoms with Crippen LogP contribution in [-0.4, -0.2) is 28.1 Å². The van der Waals surface area contributed by atoms with Crippen molar-refractivity contribution in [3.05, 3.63) is 70.3 Å². The lowest BCUT2D eigenvalue weighted by Crippen LogP contribution is -2.34. The standard InChI is InChI=1S/C22H17BrN4O3S/c1-12-10-14(21-26-19-18(30-21)4-3-9-24-19)5-7-16(12)25-22(31)27-20(28)13-6-8-17(29-2)15(23)11-13/h3-11H,1-2H3,(H2,25,27,28,31). The number of aryl methyl sites for hydroxylation is 1. The van der Waals surface area contributed by atoms with Crippen molar-refractivity contribution in [1.29, 1.82) is 0 Å². The Kier molecular flexibility index (Phi) is 5.97. The highest BCUT2D eigenvalue weighted by molar-refractivity contribution is 9.10. The van der Waals surface area contributed by atoms with Gasteiger partial charge in [0.2, 0.25) is 5.89 Å². The summed E-state index contributed by atoms with van der Waals surface area (Å²) in [4.78, 5) is 21.1. The molecule has 31 heavy (non-hydrogen) atoms. The lowest BCUT2D eigenvalue weighted by molar-refractivity contribution is 0.0977. The first-order valence-corrected chi connectivity index (χ1v) is 10.4. The number of ether oxygens (including phenoxy) is 1. The summed E-state index contributed by atoms with van der Waals surface area (Å²) in [6.07, 6.45) is 1.67. The lowest BCUT2D eigenvalue weighted by Gasteiger charge is -2.13. The molecule has 2 N–H and O–H groups in total. The highest BCUT2D eigenvalue weighted by Crippen LogP contribution is 2.27. The molecule has 0 atom stereocenters. The summed E-state index contributed by atoms with van der Waals surface area (Å²) in [5.74, 6) is 0.807. The van der Waals surface area contributed by atoms with Crippen LogP contribution in [0.15, 0.2) is 63.6 Å². The molecule has 7 nitrogen and oxygen atoms in total. The Labute approximate surface area is 192 Å². The van der Waals surface area contributed by atoms with Crippen LogP contribution in [0, 0.1) is 6.92 Å². The van der Waals surface area contributed by atoms with Gasteiger partial charge in [0, 0.05) is 23.0 Å². The zero-order valence-corrected chi connectivity index (χ0v) is 19.0. The molecule has 4 rings (SSSR count). The topological polar surface area (TPSA) is 89.3 Å². The van der Waals surface area contributed by atoms with Crippen molar-refractivity contribution in [1.82, 2.24) is 15.3 Å². The largest absolute Gasteiger partial charge is 0.496 e. The van der Waals surface area contributed by atoms with Crippen LogP contribution in [0.2, 0.25) is 0 Å². The van der Waals surface area contributed by atoms with Crippen LogP contribution in [0.4, 0.5) is 5.69 Å². The number of amides is 1. The Morgan fingerprint density at radius 1 is 1.19 bits per heavy atom. The lowest BCUT2D eigenvalue weighted by atomic mass is 10.1. The van der Waals surface area contributed by atoms with Gasteiger partial charge in [0.15, 0.2) is 16.3 Å². The maximum atomic E-state index is 12.5. The fourth-order valence-corrected chi connectivity index (χ4v) is 3.71. The Morgan fingerprint density at radius 3 is 2.74 bits per heavy atom. The first-order valence-electron chi connectivity index (χ1n) is 9.23. The quantitative estimate of drug-likeness (QED) is 0.380. The van der Waals surface area contributed by atoms with Crippen LogP contribution in [0.25, 0.3) is 22.7 Å². The SMILES string of the molecule is COc1ccc(C(=O)NC(=S)Nc2ccc(-c3nc4ncccc4o3)cc2C)cc1Br. The van der Waals surface area contributed by atoms with Crippen molar-refractivity contribution in [2.24, 2.45) is 0 Å². The molecule has 2 aromatic heterocycles. The molecule has 1 amide bonds. The number of nitrogens with zero attached hydrogens (tertiary/aromatic N) is 2. The number of nitrogens with one attached hydrogen (secondary N) is 2. The van der Waals surface area contributed by atoms with E-state index in [2.05, 4.69) is 36.5 Å². The smallest absolute Gasteiger partial charge is 0.257 e. The van der Waals surface area contributed by atoms with Gasteiger partial charge in [-0.15, -0.1) is 0 Å². The predicted molar refractivity (Wildman–Crippen MR) is 126 cm³/mol. The molecule has 4 aromatic rings. The monoisotopic (exact) mass is 496 g/mol. The number of rotatable bonds is 4. The third-order valence-electron chi connectivity index (χ3n) is 4.53. The van der Waals surface area contributed by atoms with E-state index in [1.54, 1.807) is 37.6 Å². The number of halogens is 1. The molecule has 0 aliphatic heterocycles. The molecule has 2 aromatic carbocycles. The second-order valence-electron chi connectivity index (χ2n) is 6.63. The van der Waals surface area contributed by atoms with Crippen molar-refractivity contribution < 1.29 is 13.9 Å². The fraction of sp³-hybridized carbons (Fsp3) is 0.0909. The summed E-state index contributed by atoms with van der Waals surface area (Å²) in [5, 5.41) is 5.93. The number of carbonyl (C=O) groups excluding carboxylic acids is 1. The van der Waals surface area contributed by atoms with Crippen LogP contribution in [0.1, 0.15) is 15.9 Å². The molecule has 0 spiro atoms. The number of anilines is 1. The van der Waals surface area contributed by atoms with Crippen molar-refractivity contribution in [3.63, 3.8) is 0 Å². The van der Waals surface area contributed by atoms with Crippen molar-refractivity contribution >= 4 is 56.1 Å². The van der Waals surface area contributed by atoms with E-state index in [9.17, 15) is 4.79 Å². The number of benzene rings is 2. The summed E-state index contributed by atoms with van der Waals surface area (Å²) in [6.45, 7) is 1.93. The number of pyridine rings is 1. The fourth-order valence-electron chi connectivity index (χ4n) is 2.97. The third kappa shape index (κ3) is 4.57. The minimum Gasteiger partial charge on any atom is -0.496 e. The maximum absolute atomic E-state index is 12.5. The first kappa shape index (κ1) is 21.0. The summed E-state index contributed by atoms with van der Waals surface area (Å²) in [5.41, 5.74) is 4.14. The molecule has 2 heterocycles. The van der Waals surface area contributed by atoms with E-state index in [4.69, 9.17) is 21.4 Å². The molecule has 0 aliphatic rings. The van der Waals surface area contributed by atoms with Crippen LogP contribution in [-0.2, 0) is 0 Å². The summed E-state index contributed by atoms with van der Waals surface area (Å²) in [6, 6.07) is 14.3. The van der Waals surface area contributed by atoms with Gasteiger partial charge >= 0.3 is 0 Å². The number of oxazole rings is 1. The average Bonchev–Trinajstić information content (AvgIpc) is 3.19. The van der Waals surface area contributed by atoms with Gasteiger partial charge in [0.05, 0.1) is 11.6 Å². The van der Waals surface area contributed by atoms with Crippen LogP contribution < -0.4 is 15.4 Å². The highest BCUT2D eigenvalue weighted by Gasteiger charge is 2.13. The van der Waals surface area contributed by atoms with Gasteiger partial charge in [0.25, 0.3) is 5.91 Å². The minimum absolute atomic E-state index is 0.193. The summed E-state index contributed by atoms with van der Waals surface area (Å²) >= 11 is 8.68. The van der Waals surface area contributed by atoms with E-state index < -0.39 is 0 Å². The predicted octanol–water partition coefficient (Wildman–Crippen LogP) is 5.10. The number of hydrogen-bond acceptors (Lipinski definition) is 6. The van der Waals surface area contributed by atoms with Gasteiger partial charge < -0.3 is 14.5 Å². The average molecular weight is 497 g/mol. The van der Waals surface area contributed by atoms with Crippen LogP contribution in [0.5, 0.6) is 5.75 Å². The van der Waals surface area contributed by atoms with Crippen molar-refractivity contribution in [2.45, 2.75) is 6.92 Å². The molecule has 0 fully saturated rings. The number of fused-ring (bicyclic) bond motifs is 1. The van der Waals surface area contributed by atoms with Gasteiger partial charge in [-0.3, -0.25) is 10.1 Å². The van der Waals surface area contributed by atoms with Gasteiger partial charge in [-0.05, 0) is 89.2 Å². The highest BCUT2D eigenvalue weighted by atomic mass is 79.9. The molecule has 156 valence electrons. The molecule has 0 unspecified atom stereocenters. The summed E-state index contributed by atoms with van der Waals surface area (Å²) in [7, 11) is 1.56. The Morgan fingerprint density at radius 2 is 2.03 bits per heavy atom. The normalized spacial score (nSPS) is 10.7. The first-order chi connectivity index (χ1) is 14.9. The van der Waals surface area contributed by atoms with E-state index in [1.165, 1.54) is 0 Å². The molecule has 0 aliphatic carbocycles. The van der Waals surface area contributed by atoms with Crippen LogP contribution in [0.3, 0.4) is 0 Å². The second kappa shape index (κ2) is 8.83. The molecule has 0 radical (unpaired) electrons. The van der Waals surface area contributed by atoms with Gasteiger partial charge in [0.1, 0.15) is 5.75 Å². The Hall–Kier alpha value is -3.30. The summed E-state index contributed by atoms with van der Waals surface area (Å²) < 4.78 is 11.6. The molecular weight excluding hydrogens is 480 g/mol. The number of thiocarbonyl (C=S) groups is 1. The van der Waals surface area contributed by atoms with Gasteiger partial charge in [-0.1, -0.05) is 0 Å². The van der Waals surface area contributed by atoms with Gasteiger partial charge in [-0.25, -0.2) is 4.98 Å². The number of methoxy groups -OCH3 is 1. The van der Waals surface area contributed by atoms with E-state index in [1.807, 2.05) is 31.2 Å². The van der Waals surface area contributed by atoms with Gasteiger partial charge in [-0.2, -0.15) is 4.98 Å². The van der Waals surface area contributed by atoms with E-state index in [0.717, 1.165) is 16.8 Å². The second-order valence-corrected chi connectivity index (χ2v) is 7.89. The minimum atomic E-state index is -0.325. The Balaban J connectivity index is 1.45. The molecule has 0 saturated carbocycles. The molecule has 0 saturated heterocycles. The maximum Gasteiger partial charge on any atom is 0.257 e. The van der Waals surface area contributed by atoms with Crippen LogP contribution >= 0.6 is 28.1 Å². The van der Waals surface area contributed by atoms with Crippen molar-refractivity contribution in [2.75, 3.05) is 12.4 Å². The number of carbonyl (C=O) groups is 1. The van der Waals surface area contributed by atoms with E-state index in [-0.39, 0.29) is 11.0 Å². The van der Waals surface area contributed by atoms with Crippen molar-refractivity contribution in [3.8, 4) is 17.2 Å². The third-order valence-corrected chi connectivity index (χ3v) is 5.35. The Bertz CT molecular complexity index is 1270. The number of hydrogen-bond donors (Lipinski definition) is 2. The molecule has 9 heteroatoms. The molecular formula is C22H17BrN4O3S. The van der Waals surface area contributed by atoms with E-state index >= 15 is 0 Å².